The molecule has 0 saturated carbocycles. The van der Waals surface area contributed by atoms with Gasteiger partial charge in [0.05, 0.1) is 15.9 Å². The number of halogens is 1. The zero-order valence-corrected chi connectivity index (χ0v) is 22.0. The number of rotatable bonds is 6. The van der Waals surface area contributed by atoms with E-state index < -0.39 is 16.0 Å². The van der Waals surface area contributed by atoms with Gasteiger partial charge in [0.1, 0.15) is 0 Å². The number of carbonyl (C=O) groups is 1. The van der Waals surface area contributed by atoms with Gasteiger partial charge in [0.15, 0.2) is 5.65 Å². The van der Waals surface area contributed by atoms with Crippen molar-refractivity contribution in [3.8, 4) is 0 Å². The zero-order chi connectivity index (χ0) is 23.0. The number of carboxylic acid groups (broad SMARTS) is 1. The fourth-order valence-electron chi connectivity index (χ4n) is 3.59. The van der Waals surface area contributed by atoms with Gasteiger partial charge in [-0.05, 0) is 46.9 Å². The van der Waals surface area contributed by atoms with Gasteiger partial charge < -0.3 is 9.90 Å². The topological polar surface area (TPSA) is 92.1 Å². The minimum Gasteiger partial charge on any atom is -0.545 e. The summed E-state index contributed by atoms with van der Waals surface area (Å²) in [6.07, 6.45) is 1.67. The number of carbonyl (C=O) groups excluding carboxylic acids is 1. The molecule has 9 heteroatoms. The normalized spacial score (nSPS) is 11.5. The van der Waals surface area contributed by atoms with E-state index in [0.29, 0.717) is 16.1 Å². The number of hydrogen-bond donors (Lipinski definition) is 0. The van der Waals surface area contributed by atoms with Crippen molar-refractivity contribution in [1.82, 2.24) is 8.96 Å². The maximum atomic E-state index is 13.6. The van der Waals surface area contributed by atoms with E-state index in [2.05, 4.69) is 4.98 Å². The molecule has 0 saturated heterocycles. The standard InChI is InChI=1S/C24H21ClN2O4S.Na/c1-15(2)17-7-9-22(10-8-17)32(30,31)27-21(13-19-12-20(25)14-26-23(19)27)11-16-3-5-18(6-4-16)24(28)29;/h3-10,12-15H,11H2,1-2H3,(H,28,29);/q;+1/p-1. The Bertz CT molecular complexity index is 1410. The van der Waals surface area contributed by atoms with Crippen LogP contribution in [0.5, 0.6) is 0 Å². The molecule has 0 radical (unpaired) electrons. The van der Waals surface area contributed by atoms with Gasteiger partial charge in [-0.2, -0.15) is 0 Å². The van der Waals surface area contributed by atoms with Gasteiger partial charge in [-0.15, -0.1) is 0 Å². The van der Waals surface area contributed by atoms with Crippen molar-refractivity contribution >= 4 is 38.6 Å². The average molecular weight is 491 g/mol. The molecule has 0 unspecified atom stereocenters. The minimum atomic E-state index is -3.94. The molecule has 0 atom stereocenters. The minimum absolute atomic E-state index is 0. The quantitative estimate of drug-likeness (QED) is 0.376. The molecule has 2 aromatic heterocycles. The molecule has 33 heavy (non-hydrogen) atoms. The number of benzene rings is 2. The van der Waals surface area contributed by atoms with Gasteiger partial charge in [-0.25, -0.2) is 17.4 Å². The second kappa shape index (κ2) is 9.99. The Kier molecular flexibility index (Phi) is 7.71. The summed E-state index contributed by atoms with van der Waals surface area (Å²) in [6.45, 7) is 4.08. The number of nitrogens with zero attached hydrogens (tertiary/aromatic N) is 2. The summed E-state index contributed by atoms with van der Waals surface area (Å²) in [4.78, 5) is 15.5. The second-order valence-electron chi connectivity index (χ2n) is 7.86. The number of hydrogen-bond acceptors (Lipinski definition) is 5. The van der Waals surface area contributed by atoms with E-state index >= 15 is 0 Å². The Morgan fingerprint density at radius 2 is 1.70 bits per heavy atom. The van der Waals surface area contributed by atoms with Gasteiger partial charge in [0.2, 0.25) is 0 Å². The van der Waals surface area contributed by atoms with Crippen LogP contribution in [-0.2, 0) is 16.4 Å². The summed E-state index contributed by atoms with van der Waals surface area (Å²) in [5, 5.41) is 12.0. The molecule has 0 bridgehead atoms. The first-order valence-electron chi connectivity index (χ1n) is 9.98. The third kappa shape index (κ3) is 5.18. The molecule has 0 spiro atoms. The first kappa shape index (κ1) is 25.5. The molecular formula is C24H20ClN2NaO4S. The Hall–Kier alpha value is -2.16. The van der Waals surface area contributed by atoms with Gasteiger partial charge in [0, 0.05) is 23.7 Å². The molecule has 6 nitrogen and oxygen atoms in total. The molecule has 0 aliphatic heterocycles. The van der Waals surface area contributed by atoms with Crippen LogP contribution in [0.15, 0.2) is 71.8 Å². The molecule has 0 N–H and O–H groups in total. The average Bonchev–Trinajstić information content (AvgIpc) is 3.11. The van der Waals surface area contributed by atoms with Crippen LogP contribution >= 0.6 is 11.6 Å². The molecule has 4 rings (SSSR count). The van der Waals surface area contributed by atoms with Crippen molar-refractivity contribution in [2.75, 3.05) is 0 Å². The van der Waals surface area contributed by atoms with Crippen molar-refractivity contribution in [3.05, 3.63) is 94.3 Å². The summed E-state index contributed by atoms with van der Waals surface area (Å²) >= 11 is 6.08. The van der Waals surface area contributed by atoms with Crippen molar-refractivity contribution in [2.24, 2.45) is 0 Å². The Labute approximate surface area is 219 Å². The van der Waals surface area contributed by atoms with Gasteiger partial charge >= 0.3 is 29.6 Å². The van der Waals surface area contributed by atoms with Crippen molar-refractivity contribution in [2.45, 2.75) is 31.1 Å². The van der Waals surface area contributed by atoms with Crippen LogP contribution in [0.2, 0.25) is 5.02 Å². The van der Waals surface area contributed by atoms with Crippen LogP contribution in [0.3, 0.4) is 0 Å². The number of aromatic carboxylic acids is 1. The number of fused-ring (bicyclic) bond motifs is 1. The summed E-state index contributed by atoms with van der Waals surface area (Å²) in [7, 11) is -3.94. The summed E-state index contributed by atoms with van der Waals surface area (Å²) in [5.41, 5.74) is 2.61. The predicted molar refractivity (Wildman–Crippen MR) is 121 cm³/mol. The Balaban J connectivity index is 0.00000306. The molecule has 0 aliphatic rings. The third-order valence-electron chi connectivity index (χ3n) is 5.30. The molecular weight excluding hydrogens is 471 g/mol. The maximum absolute atomic E-state index is 13.6. The largest absolute Gasteiger partial charge is 1.00 e. The molecule has 2 heterocycles. The van der Waals surface area contributed by atoms with Crippen molar-refractivity contribution in [3.63, 3.8) is 0 Å². The first-order chi connectivity index (χ1) is 15.2. The molecule has 0 amide bonds. The number of aromatic nitrogens is 2. The van der Waals surface area contributed by atoms with Crippen molar-refractivity contribution < 1.29 is 47.9 Å². The fourth-order valence-corrected chi connectivity index (χ4v) is 5.25. The number of pyridine rings is 1. The number of carboxylic acids is 1. The fraction of sp³-hybridized carbons (Fsp3) is 0.167. The van der Waals surface area contributed by atoms with Crippen LogP contribution in [0, 0.1) is 0 Å². The monoisotopic (exact) mass is 490 g/mol. The van der Waals surface area contributed by atoms with Crippen LogP contribution in [-0.4, -0.2) is 23.3 Å². The van der Waals surface area contributed by atoms with Gasteiger partial charge in [-0.3, -0.25) is 0 Å². The van der Waals surface area contributed by atoms with E-state index in [0.717, 1.165) is 11.1 Å². The van der Waals surface area contributed by atoms with E-state index in [1.807, 2.05) is 26.0 Å². The van der Waals surface area contributed by atoms with E-state index in [4.69, 9.17) is 11.6 Å². The molecule has 0 fully saturated rings. The summed E-state index contributed by atoms with van der Waals surface area (Å²) < 4.78 is 28.5. The first-order valence-corrected chi connectivity index (χ1v) is 11.8. The van der Waals surface area contributed by atoms with Crippen LogP contribution < -0.4 is 34.7 Å². The van der Waals surface area contributed by atoms with E-state index in [9.17, 15) is 18.3 Å². The summed E-state index contributed by atoms with van der Waals surface area (Å²) in [6, 6.07) is 16.4. The van der Waals surface area contributed by atoms with Crippen LogP contribution in [0.4, 0.5) is 0 Å². The Morgan fingerprint density at radius 3 is 2.27 bits per heavy atom. The van der Waals surface area contributed by atoms with Crippen LogP contribution in [0.1, 0.15) is 46.9 Å². The SMILES string of the molecule is CC(C)c1ccc(S(=O)(=O)n2c(Cc3ccc(C(=O)[O-])cc3)cc3cc(Cl)cnc32)cc1.[Na+]. The maximum Gasteiger partial charge on any atom is 1.00 e. The molecule has 0 aliphatic carbocycles. The molecule has 2 aromatic carbocycles. The molecule has 164 valence electrons. The summed E-state index contributed by atoms with van der Waals surface area (Å²) in [5.74, 6) is -0.987. The second-order valence-corrected chi connectivity index (χ2v) is 10.1. The predicted octanol–water partition coefficient (Wildman–Crippen LogP) is 1.01. The van der Waals surface area contributed by atoms with E-state index in [1.165, 1.54) is 22.3 Å². The van der Waals surface area contributed by atoms with Crippen molar-refractivity contribution in [1.29, 1.82) is 0 Å². The molecule has 4 aromatic rings. The van der Waals surface area contributed by atoms with Gasteiger partial charge in [-0.1, -0.05) is 61.8 Å². The Morgan fingerprint density at radius 1 is 1.06 bits per heavy atom. The third-order valence-corrected chi connectivity index (χ3v) is 7.26. The van der Waals surface area contributed by atoms with Crippen LogP contribution in [0.25, 0.3) is 11.0 Å². The smallest absolute Gasteiger partial charge is 0.545 e. The zero-order valence-electron chi connectivity index (χ0n) is 18.4. The van der Waals surface area contributed by atoms with E-state index in [-0.39, 0.29) is 58.0 Å². The van der Waals surface area contributed by atoms with E-state index in [1.54, 1.807) is 36.4 Å². The van der Waals surface area contributed by atoms with Gasteiger partial charge in [0.25, 0.3) is 10.0 Å².